The van der Waals surface area contributed by atoms with Gasteiger partial charge in [-0.05, 0) is 31.2 Å². The van der Waals surface area contributed by atoms with E-state index in [0.29, 0.717) is 34.5 Å². The summed E-state index contributed by atoms with van der Waals surface area (Å²) in [7, 11) is 2.80. The molecule has 2 heterocycles. The highest BCUT2D eigenvalue weighted by Crippen LogP contribution is 2.28. The molecule has 156 valence electrons. The topological polar surface area (TPSA) is 118 Å². The smallest absolute Gasteiger partial charge is 0.341 e. The summed E-state index contributed by atoms with van der Waals surface area (Å²) in [6.45, 7) is 1.77. The van der Waals surface area contributed by atoms with Gasteiger partial charge in [0.25, 0.3) is 0 Å². The van der Waals surface area contributed by atoms with Crippen molar-refractivity contribution in [2.75, 3.05) is 31.5 Å². The van der Waals surface area contributed by atoms with E-state index < -0.39 is 5.97 Å². The summed E-state index contributed by atoms with van der Waals surface area (Å²) in [5, 5.41) is 15.6. The second-order valence-electron chi connectivity index (χ2n) is 6.46. The summed E-state index contributed by atoms with van der Waals surface area (Å²) >= 11 is 0. The largest absolute Gasteiger partial charge is 0.496 e. The number of anilines is 3. The Morgan fingerprint density at radius 1 is 1.13 bits per heavy atom. The van der Waals surface area contributed by atoms with Gasteiger partial charge in [-0.15, -0.1) is 0 Å². The number of methoxy groups -OCH3 is 2. The lowest BCUT2D eigenvalue weighted by Crippen LogP contribution is -2.21. The van der Waals surface area contributed by atoms with Crippen LogP contribution < -0.4 is 15.4 Å². The number of aromatic nitrogens is 3. The average Bonchev–Trinajstić information content (AvgIpc) is 2.78. The van der Waals surface area contributed by atoms with Gasteiger partial charge in [0, 0.05) is 41.8 Å². The van der Waals surface area contributed by atoms with Gasteiger partial charge < -0.3 is 25.2 Å². The second-order valence-corrected chi connectivity index (χ2v) is 6.46. The molecule has 30 heavy (non-hydrogen) atoms. The minimum Gasteiger partial charge on any atom is -0.496 e. The fraction of sp³-hybridized carbons (Fsp3) is 0.238. The lowest BCUT2D eigenvalue weighted by molar-refractivity contribution is 0.0597. The maximum absolute atomic E-state index is 11.9. The highest BCUT2D eigenvalue weighted by atomic mass is 16.5. The summed E-state index contributed by atoms with van der Waals surface area (Å²) in [5.41, 5.74) is 2.54. The molecule has 0 aliphatic heterocycles. The van der Waals surface area contributed by atoms with E-state index in [-0.39, 0.29) is 12.6 Å². The highest BCUT2D eigenvalue weighted by Gasteiger charge is 2.14. The zero-order valence-corrected chi connectivity index (χ0v) is 16.9. The van der Waals surface area contributed by atoms with Gasteiger partial charge in [-0.1, -0.05) is 0 Å². The molecule has 1 aromatic carbocycles. The number of nitrogens with zero attached hydrogens (tertiary/aromatic N) is 3. The molecule has 0 aliphatic rings. The minimum absolute atomic E-state index is 0.0577. The van der Waals surface area contributed by atoms with E-state index in [1.165, 1.54) is 14.2 Å². The third-order valence-corrected chi connectivity index (χ3v) is 4.23. The molecule has 9 nitrogen and oxygen atoms in total. The quantitative estimate of drug-likeness (QED) is 0.483. The van der Waals surface area contributed by atoms with Crippen molar-refractivity contribution in [3.63, 3.8) is 0 Å². The van der Waals surface area contributed by atoms with Gasteiger partial charge in [0.1, 0.15) is 17.1 Å². The number of aliphatic hydroxyl groups is 1. The van der Waals surface area contributed by atoms with Gasteiger partial charge in [-0.3, -0.25) is 4.98 Å². The van der Waals surface area contributed by atoms with Crippen LogP contribution in [0.4, 0.5) is 17.5 Å². The Morgan fingerprint density at radius 3 is 2.57 bits per heavy atom. The first kappa shape index (κ1) is 21.0. The van der Waals surface area contributed by atoms with E-state index in [1.807, 2.05) is 19.1 Å². The van der Waals surface area contributed by atoms with Crippen LogP contribution in [0, 0.1) is 0 Å². The molecule has 0 spiro atoms. The number of hydrogen-bond donors (Lipinski definition) is 3. The van der Waals surface area contributed by atoms with Crippen LogP contribution in [0.2, 0.25) is 0 Å². The van der Waals surface area contributed by atoms with E-state index in [2.05, 4.69) is 25.6 Å². The third kappa shape index (κ3) is 5.00. The Morgan fingerprint density at radius 2 is 1.90 bits per heavy atom. The third-order valence-electron chi connectivity index (χ3n) is 4.23. The zero-order chi connectivity index (χ0) is 21.5. The van der Waals surface area contributed by atoms with Crippen LogP contribution in [0.1, 0.15) is 17.3 Å². The monoisotopic (exact) mass is 409 g/mol. The molecule has 1 atom stereocenters. The molecule has 3 rings (SSSR count). The molecule has 2 aromatic heterocycles. The van der Waals surface area contributed by atoms with Crippen molar-refractivity contribution in [2.24, 2.45) is 0 Å². The number of carbonyl (C=O) groups excluding carboxylic acids is 1. The number of rotatable bonds is 8. The summed E-state index contributed by atoms with van der Waals surface area (Å²) < 4.78 is 10.1. The number of benzene rings is 1. The molecule has 0 bridgehead atoms. The molecular weight excluding hydrogens is 386 g/mol. The van der Waals surface area contributed by atoms with E-state index in [1.54, 1.807) is 36.7 Å². The number of esters is 1. The van der Waals surface area contributed by atoms with Gasteiger partial charge in [0.15, 0.2) is 0 Å². The number of hydrogen-bond acceptors (Lipinski definition) is 9. The fourth-order valence-electron chi connectivity index (χ4n) is 2.71. The van der Waals surface area contributed by atoms with Crippen LogP contribution in [0.5, 0.6) is 5.75 Å². The summed E-state index contributed by atoms with van der Waals surface area (Å²) in [5.74, 6) is 0.788. The second kappa shape index (κ2) is 9.66. The predicted molar refractivity (Wildman–Crippen MR) is 113 cm³/mol. The van der Waals surface area contributed by atoms with Crippen molar-refractivity contribution in [1.82, 2.24) is 15.0 Å². The molecule has 0 aliphatic carbocycles. The Labute approximate surface area is 174 Å². The fourth-order valence-corrected chi connectivity index (χ4v) is 2.71. The van der Waals surface area contributed by atoms with Crippen LogP contribution in [-0.4, -0.2) is 52.9 Å². The Kier molecular flexibility index (Phi) is 6.76. The molecule has 3 aromatic rings. The highest BCUT2D eigenvalue weighted by molar-refractivity contribution is 5.93. The Bertz CT molecular complexity index is 1010. The molecule has 0 fully saturated rings. The van der Waals surface area contributed by atoms with Crippen molar-refractivity contribution in [3.8, 4) is 17.0 Å². The SMILES string of the molecule is COC(=O)c1ccc(Nc2cc(-c3ccncc3)nc(N[C@@H](C)CO)n2)cc1OC. The molecule has 3 N–H and O–H groups in total. The first-order valence-corrected chi connectivity index (χ1v) is 9.24. The van der Waals surface area contributed by atoms with Crippen LogP contribution >= 0.6 is 0 Å². The van der Waals surface area contributed by atoms with Crippen LogP contribution in [0.15, 0.2) is 48.8 Å². The van der Waals surface area contributed by atoms with Crippen LogP contribution in [0.3, 0.4) is 0 Å². The van der Waals surface area contributed by atoms with E-state index in [0.717, 1.165) is 5.56 Å². The normalized spacial score (nSPS) is 11.5. The zero-order valence-electron chi connectivity index (χ0n) is 16.9. The lowest BCUT2D eigenvalue weighted by atomic mass is 10.1. The first-order chi connectivity index (χ1) is 14.5. The van der Waals surface area contributed by atoms with Crippen molar-refractivity contribution < 1.29 is 19.4 Å². The number of ether oxygens (including phenoxy) is 2. The van der Waals surface area contributed by atoms with E-state index >= 15 is 0 Å². The van der Waals surface area contributed by atoms with E-state index in [4.69, 9.17) is 9.47 Å². The molecule has 0 saturated carbocycles. The molecule has 0 saturated heterocycles. The molecular formula is C21H23N5O4. The Balaban J connectivity index is 1.96. The van der Waals surface area contributed by atoms with Crippen molar-refractivity contribution >= 4 is 23.4 Å². The molecule has 0 amide bonds. The van der Waals surface area contributed by atoms with Gasteiger partial charge in [-0.25, -0.2) is 9.78 Å². The number of aliphatic hydroxyl groups excluding tert-OH is 1. The van der Waals surface area contributed by atoms with Gasteiger partial charge >= 0.3 is 5.97 Å². The maximum atomic E-state index is 11.9. The van der Waals surface area contributed by atoms with E-state index in [9.17, 15) is 9.90 Å². The number of nitrogens with one attached hydrogen (secondary N) is 2. The van der Waals surface area contributed by atoms with Crippen molar-refractivity contribution in [2.45, 2.75) is 13.0 Å². The standard InChI is InChI=1S/C21H23N5O4/c1-13(12-27)23-21-25-17(14-6-8-22-9-7-14)11-19(26-21)24-15-4-5-16(20(28)30-3)18(10-15)29-2/h4-11,13,27H,12H2,1-3H3,(H2,23,24,25,26)/t13-/m0/s1. The molecule has 0 radical (unpaired) electrons. The molecule has 9 heteroatoms. The maximum Gasteiger partial charge on any atom is 0.341 e. The number of carbonyl (C=O) groups is 1. The number of pyridine rings is 1. The summed E-state index contributed by atoms with van der Waals surface area (Å²) in [6.07, 6.45) is 3.37. The van der Waals surface area contributed by atoms with Crippen molar-refractivity contribution in [1.29, 1.82) is 0 Å². The average molecular weight is 409 g/mol. The molecule has 0 unspecified atom stereocenters. The van der Waals surface area contributed by atoms with Gasteiger partial charge in [-0.2, -0.15) is 4.98 Å². The lowest BCUT2D eigenvalue weighted by Gasteiger charge is -2.15. The summed E-state index contributed by atoms with van der Waals surface area (Å²) in [6, 6.07) is 10.3. The van der Waals surface area contributed by atoms with Crippen LogP contribution in [-0.2, 0) is 4.74 Å². The van der Waals surface area contributed by atoms with Crippen molar-refractivity contribution in [3.05, 3.63) is 54.4 Å². The van der Waals surface area contributed by atoms with Gasteiger partial charge in [0.05, 0.1) is 26.5 Å². The Hall–Kier alpha value is -3.72. The minimum atomic E-state index is -0.482. The van der Waals surface area contributed by atoms with Crippen LogP contribution in [0.25, 0.3) is 11.3 Å². The predicted octanol–water partition coefficient (Wildman–Crippen LogP) is 2.87. The summed E-state index contributed by atoms with van der Waals surface area (Å²) in [4.78, 5) is 24.9. The van der Waals surface area contributed by atoms with Gasteiger partial charge in [0.2, 0.25) is 5.95 Å². The first-order valence-electron chi connectivity index (χ1n) is 9.24.